The van der Waals surface area contributed by atoms with Crippen molar-refractivity contribution in [1.29, 1.82) is 0 Å². The fraction of sp³-hybridized carbons (Fsp3) is 0.444. The van der Waals surface area contributed by atoms with Crippen LogP contribution in [0, 0.1) is 5.92 Å². The van der Waals surface area contributed by atoms with Crippen LogP contribution in [-0.2, 0) is 14.3 Å². The van der Waals surface area contributed by atoms with E-state index in [0.29, 0.717) is 6.42 Å². The van der Waals surface area contributed by atoms with E-state index in [0.717, 1.165) is 47.9 Å². The largest absolute Gasteiger partial charge is 0.481 e. The van der Waals surface area contributed by atoms with Gasteiger partial charge in [0.1, 0.15) is 12.6 Å². The third kappa shape index (κ3) is 5.24. The highest BCUT2D eigenvalue weighted by atomic mass is 16.5. The Balaban J connectivity index is 1.35. The van der Waals surface area contributed by atoms with E-state index < -0.39 is 18.1 Å². The van der Waals surface area contributed by atoms with Crippen molar-refractivity contribution in [2.24, 2.45) is 5.92 Å². The fourth-order valence-electron chi connectivity index (χ4n) is 5.28. The van der Waals surface area contributed by atoms with Crippen LogP contribution in [0.2, 0.25) is 0 Å². The van der Waals surface area contributed by atoms with Crippen LogP contribution in [0.15, 0.2) is 48.5 Å². The molecule has 0 spiro atoms. The van der Waals surface area contributed by atoms with Crippen molar-refractivity contribution in [3.63, 3.8) is 0 Å². The van der Waals surface area contributed by atoms with Crippen molar-refractivity contribution in [2.45, 2.75) is 63.5 Å². The Kier molecular flexibility index (Phi) is 7.50. The van der Waals surface area contributed by atoms with Crippen molar-refractivity contribution in [1.82, 2.24) is 10.6 Å². The number of fused-ring (bicyclic) bond motifs is 3. The van der Waals surface area contributed by atoms with Crippen molar-refractivity contribution >= 4 is 18.0 Å². The first kappa shape index (κ1) is 23.8. The Labute approximate surface area is 199 Å². The summed E-state index contributed by atoms with van der Waals surface area (Å²) in [6.07, 6.45) is 3.29. The van der Waals surface area contributed by atoms with Gasteiger partial charge in [-0.2, -0.15) is 0 Å². The number of nitrogens with one attached hydrogen (secondary N) is 2. The van der Waals surface area contributed by atoms with Crippen LogP contribution in [0.5, 0.6) is 0 Å². The van der Waals surface area contributed by atoms with Crippen LogP contribution in [0.25, 0.3) is 11.1 Å². The number of benzene rings is 2. The molecule has 2 unspecified atom stereocenters. The molecule has 0 aliphatic heterocycles. The number of carbonyl (C=O) groups excluding carboxylic acids is 2. The summed E-state index contributed by atoms with van der Waals surface area (Å²) in [6, 6.07) is 15.3. The smallest absolute Gasteiger partial charge is 0.407 e. The second kappa shape index (κ2) is 10.7. The summed E-state index contributed by atoms with van der Waals surface area (Å²) in [4.78, 5) is 36.7. The topological polar surface area (TPSA) is 105 Å². The second-order valence-corrected chi connectivity index (χ2v) is 9.19. The number of rotatable bonds is 8. The van der Waals surface area contributed by atoms with Crippen LogP contribution >= 0.6 is 0 Å². The maximum Gasteiger partial charge on any atom is 0.407 e. The first-order valence-corrected chi connectivity index (χ1v) is 12.1. The van der Waals surface area contributed by atoms with Crippen LogP contribution < -0.4 is 10.6 Å². The molecule has 34 heavy (non-hydrogen) atoms. The summed E-state index contributed by atoms with van der Waals surface area (Å²) < 4.78 is 5.58. The Morgan fingerprint density at radius 2 is 1.62 bits per heavy atom. The van der Waals surface area contributed by atoms with E-state index in [-0.39, 0.29) is 36.8 Å². The minimum absolute atomic E-state index is 0.0432. The van der Waals surface area contributed by atoms with Gasteiger partial charge in [-0.1, -0.05) is 68.3 Å². The Hall–Kier alpha value is -3.35. The van der Waals surface area contributed by atoms with E-state index in [2.05, 4.69) is 34.9 Å². The molecule has 2 aliphatic carbocycles. The lowest BCUT2D eigenvalue weighted by Gasteiger charge is -2.32. The monoisotopic (exact) mass is 464 g/mol. The number of alkyl carbamates (subject to hydrolysis) is 1. The van der Waals surface area contributed by atoms with Gasteiger partial charge in [-0.15, -0.1) is 0 Å². The quantitative estimate of drug-likeness (QED) is 0.535. The standard InChI is InChI=1S/C27H32N2O5/c1-2-23(26(32)28-24-14-8-3-9-17(24)15-25(30)31)29-27(33)34-16-22-20-12-6-4-10-18(20)19-11-5-7-13-21(19)22/h4-7,10-13,17,22-24H,2-3,8-9,14-16H2,1H3,(H,28,32)(H,29,33)(H,30,31)/t17?,23-,24?/m0/s1. The van der Waals surface area contributed by atoms with Crippen LogP contribution in [-0.4, -0.2) is 41.8 Å². The third-order valence-electron chi connectivity index (χ3n) is 7.03. The lowest BCUT2D eigenvalue weighted by molar-refractivity contribution is -0.139. The second-order valence-electron chi connectivity index (χ2n) is 9.19. The molecule has 3 atom stereocenters. The predicted molar refractivity (Wildman–Crippen MR) is 128 cm³/mol. The highest BCUT2D eigenvalue weighted by molar-refractivity contribution is 5.86. The minimum Gasteiger partial charge on any atom is -0.481 e. The molecule has 2 aromatic rings. The zero-order valence-corrected chi connectivity index (χ0v) is 19.5. The van der Waals surface area contributed by atoms with Crippen LogP contribution in [0.3, 0.4) is 0 Å². The summed E-state index contributed by atoms with van der Waals surface area (Å²) >= 11 is 0. The molecule has 0 radical (unpaired) electrons. The van der Waals surface area contributed by atoms with E-state index in [1.165, 1.54) is 0 Å². The molecule has 7 nitrogen and oxygen atoms in total. The molecule has 2 aromatic carbocycles. The minimum atomic E-state index is -0.852. The molecule has 1 saturated carbocycles. The molecule has 180 valence electrons. The van der Waals surface area contributed by atoms with Crippen molar-refractivity contribution in [3.05, 3.63) is 59.7 Å². The Morgan fingerprint density at radius 3 is 2.24 bits per heavy atom. The zero-order chi connectivity index (χ0) is 24.1. The average molecular weight is 465 g/mol. The van der Waals surface area contributed by atoms with Gasteiger partial charge in [0, 0.05) is 12.0 Å². The molecule has 0 bridgehead atoms. The van der Waals surface area contributed by atoms with Crippen molar-refractivity contribution < 1.29 is 24.2 Å². The van der Waals surface area contributed by atoms with E-state index >= 15 is 0 Å². The van der Waals surface area contributed by atoms with Gasteiger partial charge in [-0.25, -0.2) is 4.79 Å². The van der Waals surface area contributed by atoms with Gasteiger partial charge in [-0.05, 0) is 47.4 Å². The number of hydrogen-bond acceptors (Lipinski definition) is 4. The van der Waals surface area contributed by atoms with E-state index in [1.54, 1.807) is 0 Å². The SMILES string of the molecule is CC[C@H](NC(=O)OCC1c2ccccc2-c2ccccc21)C(=O)NC1CCCCC1CC(=O)O. The first-order chi connectivity index (χ1) is 16.5. The molecule has 0 saturated heterocycles. The Bertz CT molecular complexity index is 1010. The van der Waals surface area contributed by atoms with Crippen molar-refractivity contribution in [2.75, 3.05) is 6.61 Å². The molecular weight excluding hydrogens is 432 g/mol. The van der Waals surface area contributed by atoms with Crippen molar-refractivity contribution in [3.8, 4) is 11.1 Å². The molecule has 7 heteroatoms. The maximum absolute atomic E-state index is 12.9. The van der Waals surface area contributed by atoms with Crippen LogP contribution in [0.4, 0.5) is 4.79 Å². The van der Waals surface area contributed by atoms with Gasteiger partial charge in [0.05, 0.1) is 6.42 Å². The molecule has 2 aliphatic rings. The van der Waals surface area contributed by atoms with Gasteiger partial charge in [0.15, 0.2) is 0 Å². The molecule has 3 N–H and O–H groups in total. The lowest BCUT2D eigenvalue weighted by Crippen LogP contribution is -2.52. The normalized spacial score (nSPS) is 20.0. The number of hydrogen-bond donors (Lipinski definition) is 3. The number of carboxylic acid groups (broad SMARTS) is 1. The lowest BCUT2D eigenvalue weighted by atomic mass is 9.82. The molecule has 2 amide bonds. The van der Waals surface area contributed by atoms with Gasteiger partial charge >= 0.3 is 12.1 Å². The molecule has 1 fully saturated rings. The maximum atomic E-state index is 12.9. The molecule has 0 heterocycles. The van der Waals surface area contributed by atoms with E-state index in [1.807, 2.05) is 31.2 Å². The Morgan fingerprint density at radius 1 is 1.00 bits per heavy atom. The average Bonchev–Trinajstić information content (AvgIpc) is 3.16. The van der Waals surface area contributed by atoms with Crippen LogP contribution in [0.1, 0.15) is 62.5 Å². The number of carboxylic acids is 1. The molecule has 4 rings (SSSR count). The highest BCUT2D eigenvalue weighted by Crippen LogP contribution is 2.44. The summed E-state index contributed by atoms with van der Waals surface area (Å²) in [6.45, 7) is 2.00. The summed E-state index contributed by atoms with van der Waals surface area (Å²) in [5.41, 5.74) is 4.56. The summed E-state index contributed by atoms with van der Waals surface area (Å²) in [5.74, 6) is -1.28. The fourth-order valence-corrected chi connectivity index (χ4v) is 5.28. The highest BCUT2D eigenvalue weighted by Gasteiger charge is 2.32. The van der Waals surface area contributed by atoms with E-state index in [4.69, 9.17) is 4.74 Å². The molecular formula is C27H32N2O5. The van der Waals surface area contributed by atoms with Gasteiger partial charge in [0.25, 0.3) is 0 Å². The predicted octanol–water partition coefficient (Wildman–Crippen LogP) is 4.45. The number of amides is 2. The summed E-state index contributed by atoms with van der Waals surface area (Å²) in [7, 11) is 0. The number of ether oxygens (including phenoxy) is 1. The molecule has 0 aromatic heterocycles. The summed E-state index contributed by atoms with van der Waals surface area (Å²) in [5, 5.41) is 14.9. The number of carbonyl (C=O) groups is 3. The third-order valence-corrected chi connectivity index (χ3v) is 7.03. The first-order valence-electron chi connectivity index (χ1n) is 12.1. The number of aliphatic carboxylic acids is 1. The van der Waals surface area contributed by atoms with Gasteiger partial charge in [0.2, 0.25) is 5.91 Å². The van der Waals surface area contributed by atoms with E-state index in [9.17, 15) is 19.5 Å². The zero-order valence-electron chi connectivity index (χ0n) is 19.5. The van der Waals surface area contributed by atoms with Gasteiger partial charge in [-0.3, -0.25) is 9.59 Å². The van der Waals surface area contributed by atoms with Gasteiger partial charge < -0.3 is 20.5 Å².